The summed E-state index contributed by atoms with van der Waals surface area (Å²) in [6, 6.07) is 0. The van der Waals surface area contributed by atoms with Crippen LogP contribution in [-0.2, 0) is 4.79 Å². The largest absolute Gasteiger partial charge is 0.299 e. The number of hydrogen-bond donors (Lipinski definition) is 0. The maximum atomic E-state index is 12.9. The molecule has 1 nitrogen and oxygen atoms in total. The van der Waals surface area contributed by atoms with Crippen molar-refractivity contribution in [2.24, 2.45) is 58.2 Å². The van der Waals surface area contributed by atoms with E-state index >= 15 is 0 Å². The second kappa shape index (κ2) is 9.22. The summed E-state index contributed by atoms with van der Waals surface area (Å²) in [7, 11) is 0. The molecule has 0 bridgehead atoms. The van der Waals surface area contributed by atoms with E-state index in [0.717, 1.165) is 54.8 Å². The lowest BCUT2D eigenvalue weighted by Gasteiger charge is -2.62. The van der Waals surface area contributed by atoms with E-state index in [1.165, 1.54) is 63.4 Å². The van der Waals surface area contributed by atoms with Gasteiger partial charge in [-0.15, -0.1) is 6.58 Å². The molecule has 4 aliphatic carbocycles. The van der Waals surface area contributed by atoms with Crippen molar-refractivity contribution in [1.29, 1.82) is 0 Å². The first kappa shape index (κ1) is 24.5. The second-order valence-corrected chi connectivity index (χ2v) is 13.8. The Kier molecular flexibility index (Phi) is 7.07. The van der Waals surface area contributed by atoms with E-state index in [1.54, 1.807) is 0 Å². The van der Waals surface area contributed by atoms with Crippen LogP contribution in [0.1, 0.15) is 119 Å². The van der Waals surface area contributed by atoms with E-state index in [1.807, 2.05) is 0 Å². The summed E-state index contributed by atoms with van der Waals surface area (Å²) in [6.45, 7) is 18.9. The first-order valence-corrected chi connectivity index (χ1v) is 14.2. The molecule has 9 atom stereocenters. The third-order valence-corrected chi connectivity index (χ3v) is 11.5. The molecule has 0 aliphatic heterocycles. The number of Topliss-reactive ketones (excluding diaryl/α,β-unsaturated/α-hetero) is 1. The van der Waals surface area contributed by atoms with Crippen LogP contribution in [-0.4, -0.2) is 5.78 Å². The molecule has 0 N–H and O–H groups in total. The van der Waals surface area contributed by atoms with E-state index in [2.05, 4.69) is 48.1 Å². The summed E-state index contributed by atoms with van der Waals surface area (Å²) < 4.78 is 0. The topological polar surface area (TPSA) is 17.1 Å². The van der Waals surface area contributed by atoms with Gasteiger partial charge in [0, 0.05) is 12.3 Å². The number of allylic oxidation sites excluding steroid dienone is 1. The quantitative estimate of drug-likeness (QED) is 0.361. The van der Waals surface area contributed by atoms with E-state index in [4.69, 9.17) is 0 Å². The summed E-state index contributed by atoms with van der Waals surface area (Å²) in [6.07, 6.45) is 15.7. The number of fused-ring (bicyclic) bond motifs is 5. The molecule has 1 unspecified atom stereocenters. The van der Waals surface area contributed by atoms with Gasteiger partial charge in [-0.3, -0.25) is 4.79 Å². The zero-order chi connectivity index (χ0) is 23.3. The molecule has 0 aromatic heterocycles. The van der Waals surface area contributed by atoms with Gasteiger partial charge >= 0.3 is 0 Å². The number of rotatable bonds is 7. The fourth-order valence-corrected chi connectivity index (χ4v) is 9.98. The molecular weight excluding hydrogens is 388 g/mol. The third-order valence-electron chi connectivity index (χ3n) is 11.5. The highest BCUT2D eigenvalue weighted by molar-refractivity contribution is 5.82. The fraction of sp³-hybridized carbons (Fsp3) is 0.903. The molecule has 4 rings (SSSR count). The van der Waals surface area contributed by atoms with Gasteiger partial charge in [-0.1, -0.05) is 59.5 Å². The summed E-state index contributed by atoms with van der Waals surface area (Å²) in [5.74, 6) is 6.80. The molecule has 0 aromatic rings. The predicted molar refractivity (Wildman–Crippen MR) is 136 cm³/mol. The minimum atomic E-state index is 0.262. The van der Waals surface area contributed by atoms with Crippen molar-refractivity contribution in [3.8, 4) is 0 Å². The van der Waals surface area contributed by atoms with Crippen molar-refractivity contribution in [1.82, 2.24) is 0 Å². The Hall–Kier alpha value is -0.590. The SMILES string of the molecule is C=C(C)C[C@@H]1C(=O)CC[C@@]2(C)C1CC[C@H]1[C@@H]3CC[C@H]([C@H](C)CCCC(C)C)[C@@]3(C)CC[C@@H]12. The van der Waals surface area contributed by atoms with Crippen LogP contribution in [0.2, 0.25) is 0 Å². The van der Waals surface area contributed by atoms with Crippen LogP contribution in [0.3, 0.4) is 0 Å². The van der Waals surface area contributed by atoms with E-state index < -0.39 is 0 Å². The molecule has 0 aromatic carbocycles. The van der Waals surface area contributed by atoms with Gasteiger partial charge in [-0.25, -0.2) is 0 Å². The molecule has 4 saturated carbocycles. The number of ketones is 1. The molecule has 182 valence electrons. The van der Waals surface area contributed by atoms with E-state index in [-0.39, 0.29) is 5.92 Å². The van der Waals surface area contributed by atoms with Crippen LogP contribution in [0.5, 0.6) is 0 Å². The molecule has 0 spiro atoms. The molecule has 4 fully saturated rings. The highest BCUT2D eigenvalue weighted by atomic mass is 16.1. The Balaban J connectivity index is 1.50. The van der Waals surface area contributed by atoms with Crippen LogP contribution in [0.25, 0.3) is 0 Å². The summed E-state index contributed by atoms with van der Waals surface area (Å²) in [5.41, 5.74) is 2.17. The third kappa shape index (κ3) is 4.17. The average Bonchev–Trinajstić information content (AvgIpc) is 3.07. The van der Waals surface area contributed by atoms with Crippen LogP contribution < -0.4 is 0 Å². The number of hydrogen-bond acceptors (Lipinski definition) is 1. The lowest BCUT2D eigenvalue weighted by atomic mass is 9.43. The summed E-state index contributed by atoms with van der Waals surface area (Å²) in [5, 5.41) is 0. The number of carbonyl (C=O) groups excluding carboxylic acids is 1. The predicted octanol–water partition coefficient (Wildman–Crippen LogP) is 8.87. The zero-order valence-electron chi connectivity index (χ0n) is 22.2. The average molecular weight is 441 g/mol. The van der Waals surface area contributed by atoms with Gasteiger partial charge < -0.3 is 0 Å². The van der Waals surface area contributed by atoms with Crippen LogP contribution in [0, 0.1) is 58.2 Å². The Bertz CT molecular complexity index is 705. The van der Waals surface area contributed by atoms with Gasteiger partial charge in [0.15, 0.2) is 0 Å². The van der Waals surface area contributed by atoms with Crippen molar-refractivity contribution in [2.45, 2.75) is 119 Å². The highest BCUT2D eigenvalue weighted by Crippen LogP contribution is 2.69. The first-order valence-electron chi connectivity index (χ1n) is 14.2. The van der Waals surface area contributed by atoms with Crippen LogP contribution in [0.4, 0.5) is 0 Å². The van der Waals surface area contributed by atoms with Gasteiger partial charge in [0.1, 0.15) is 5.78 Å². The molecule has 0 radical (unpaired) electrons. The van der Waals surface area contributed by atoms with Crippen LogP contribution >= 0.6 is 0 Å². The normalized spacial score (nSPS) is 44.7. The molecule has 32 heavy (non-hydrogen) atoms. The monoisotopic (exact) mass is 440 g/mol. The molecular formula is C31H52O. The Morgan fingerprint density at radius 1 is 0.938 bits per heavy atom. The zero-order valence-corrected chi connectivity index (χ0v) is 22.2. The van der Waals surface area contributed by atoms with Crippen LogP contribution in [0.15, 0.2) is 12.2 Å². The standard InChI is InChI=1S/C31H52O/c1-20(2)9-8-10-22(5)25-13-14-26-23-11-12-27-24(19-21(3)4)29(32)16-18-31(27,7)28(23)15-17-30(25,26)6/h20,22-28H,3,8-19H2,1-2,4-7H3/t22-,23+,24+,25-,26+,27?,28+,30-,31+/m1/s1. The minimum Gasteiger partial charge on any atom is -0.299 e. The Labute approximate surface area is 199 Å². The van der Waals surface area contributed by atoms with Crippen molar-refractivity contribution >= 4 is 5.78 Å². The molecule has 1 heteroatoms. The summed E-state index contributed by atoms with van der Waals surface area (Å²) in [4.78, 5) is 12.9. The molecule has 0 saturated heterocycles. The van der Waals surface area contributed by atoms with Crippen molar-refractivity contribution in [2.75, 3.05) is 0 Å². The smallest absolute Gasteiger partial charge is 0.136 e. The van der Waals surface area contributed by atoms with Gasteiger partial charge in [-0.05, 0) is 111 Å². The van der Waals surface area contributed by atoms with Gasteiger partial charge in [0.05, 0.1) is 0 Å². The van der Waals surface area contributed by atoms with Crippen molar-refractivity contribution < 1.29 is 4.79 Å². The molecule has 0 amide bonds. The lowest BCUT2D eigenvalue weighted by molar-refractivity contribution is -0.152. The van der Waals surface area contributed by atoms with Crippen molar-refractivity contribution in [3.05, 3.63) is 12.2 Å². The van der Waals surface area contributed by atoms with Gasteiger partial charge in [0.25, 0.3) is 0 Å². The highest BCUT2D eigenvalue weighted by Gasteiger charge is 2.61. The maximum absolute atomic E-state index is 12.9. The van der Waals surface area contributed by atoms with E-state index in [9.17, 15) is 4.79 Å². The molecule has 4 aliphatic rings. The maximum Gasteiger partial charge on any atom is 0.136 e. The lowest BCUT2D eigenvalue weighted by Crippen LogP contribution is -2.56. The van der Waals surface area contributed by atoms with Gasteiger partial charge in [-0.2, -0.15) is 0 Å². The second-order valence-electron chi connectivity index (χ2n) is 13.8. The Morgan fingerprint density at radius 3 is 2.31 bits per heavy atom. The number of carbonyl (C=O) groups is 1. The minimum absolute atomic E-state index is 0.262. The molecule has 0 heterocycles. The Morgan fingerprint density at radius 2 is 1.62 bits per heavy atom. The fourth-order valence-electron chi connectivity index (χ4n) is 9.98. The van der Waals surface area contributed by atoms with Crippen molar-refractivity contribution in [3.63, 3.8) is 0 Å². The first-order chi connectivity index (χ1) is 15.1. The summed E-state index contributed by atoms with van der Waals surface area (Å²) >= 11 is 0. The van der Waals surface area contributed by atoms with E-state index in [0.29, 0.717) is 22.5 Å². The van der Waals surface area contributed by atoms with Gasteiger partial charge in [0.2, 0.25) is 0 Å².